The third-order valence-electron chi connectivity index (χ3n) is 3.02. The van der Waals surface area contributed by atoms with E-state index in [-0.39, 0.29) is 5.91 Å². The van der Waals surface area contributed by atoms with Crippen molar-refractivity contribution in [3.63, 3.8) is 0 Å². The van der Waals surface area contributed by atoms with Gasteiger partial charge in [0, 0.05) is 41.9 Å². The summed E-state index contributed by atoms with van der Waals surface area (Å²) in [6.45, 7) is 4.90. The maximum atomic E-state index is 12.7. The molecule has 1 aromatic heterocycles. The van der Waals surface area contributed by atoms with Crippen LogP contribution in [0.15, 0.2) is 42.7 Å². The number of hydrogen-bond donors (Lipinski definition) is 1. The first-order chi connectivity index (χ1) is 10.2. The Bertz CT molecular complexity index is 614. The van der Waals surface area contributed by atoms with Gasteiger partial charge < -0.3 is 15.4 Å². The van der Waals surface area contributed by atoms with Crippen LogP contribution in [0.25, 0.3) is 0 Å². The van der Waals surface area contributed by atoms with E-state index in [1.54, 1.807) is 47.6 Å². The Hall–Kier alpha value is -2.56. The molecule has 0 atom stereocenters. The van der Waals surface area contributed by atoms with Gasteiger partial charge in [-0.2, -0.15) is 0 Å². The molecule has 1 amide bonds. The summed E-state index contributed by atoms with van der Waals surface area (Å²) in [6, 6.07) is 8.69. The third-order valence-corrected chi connectivity index (χ3v) is 3.02. The number of aromatic nitrogens is 1. The van der Waals surface area contributed by atoms with E-state index < -0.39 is 0 Å². The second-order valence-electron chi connectivity index (χ2n) is 4.48. The number of anilines is 2. The maximum Gasteiger partial charge on any atom is 0.258 e. The van der Waals surface area contributed by atoms with Crippen LogP contribution in [0, 0.1) is 0 Å². The van der Waals surface area contributed by atoms with Crippen molar-refractivity contribution in [1.82, 2.24) is 4.98 Å². The van der Waals surface area contributed by atoms with E-state index in [0.717, 1.165) is 5.69 Å². The zero-order valence-corrected chi connectivity index (χ0v) is 12.2. The summed E-state index contributed by atoms with van der Waals surface area (Å²) in [5, 5.41) is 0. The summed E-state index contributed by atoms with van der Waals surface area (Å²) >= 11 is 0. The van der Waals surface area contributed by atoms with E-state index in [9.17, 15) is 4.79 Å². The number of hydrogen-bond acceptors (Lipinski definition) is 4. The lowest BCUT2D eigenvalue weighted by atomic mass is 10.1. The molecule has 0 saturated heterocycles. The number of nitrogens with zero attached hydrogens (tertiary/aromatic N) is 2. The van der Waals surface area contributed by atoms with Gasteiger partial charge in [-0.1, -0.05) is 0 Å². The Morgan fingerprint density at radius 2 is 1.95 bits per heavy atom. The highest BCUT2D eigenvalue weighted by Gasteiger charge is 2.17. The highest BCUT2D eigenvalue weighted by molar-refractivity contribution is 6.06. The van der Waals surface area contributed by atoms with Crippen LogP contribution in [-0.4, -0.2) is 24.0 Å². The van der Waals surface area contributed by atoms with Crippen molar-refractivity contribution in [1.29, 1.82) is 0 Å². The number of ether oxygens (including phenoxy) is 1. The molecule has 0 radical (unpaired) electrons. The van der Waals surface area contributed by atoms with Crippen LogP contribution in [0.5, 0.6) is 5.75 Å². The van der Waals surface area contributed by atoms with Crippen LogP contribution < -0.4 is 15.4 Å². The van der Waals surface area contributed by atoms with Crippen molar-refractivity contribution >= 4 is 17.3 Å². The summed E-state index contributed by atoms with van der Waals surface area (Å²) in [4.78, 5) is 18.3. The zero-order valence-electron chi connectivity index (χ0n) is 12.2. The molecule has 110 valence electrons. The van der Waals surface area contributed by atoms with Gasteiger partial charge in [-0.15, -0.1) is 0 Å². The summed E-state index contributed by atoms with van der Waals surface area (Å²) < 4.78 is 5.44. The highest BCUT2D eigenvalue weighted by atomic mass is 16.5. The number of nitrogen functional groups attached to an aromatic ring is 1. The quantitative estimate of drug-likeness (QED) is 0.858. The molecular weight excluding hydrogens is 266 g/mol. The molecular formula is C16H19N3O2. The summed E-state index contributed by atoms with van der Waals surface area (Å²) in [7, 11) is 0. The molecule has 1 heterocycles. The molecule has 5 heteroatoms. The Labute approximate surface area is 124 Å². The van der Waals surface area contributed by atoms with Crippen LogP contribution in [-0.2, 0) is 0 Å². The Morgan fingerprint density at radius 1 is 1.24 bits per heavy atom. The average Bonchev–Trinajstić information content (AvgIpc) is 2.49. The minimum atomic E-state index is -0.114. The molecule has 0 unspecified atom stereocenters. The standard InChI is InChI=1S/C16H19N3O2/c1-3-19(14-5-7-18-8-6-14)16(20)12-9-13(17)11-15(10-12)21-4-2/h5-11H,3-4,17H2,1-2H3. The second-order valence-corrected chi connectivity index (χ2v) is 4.48. The molecule has 0 fully saturated rings. The molecule has 2 rings (SSSR count). The highest BCUT2D eigenvalue weighted by Crippen LogP contribution is 2.22. The van der Waals surface area contributed by atoms with Gasteiger partial charge >= 0.3 is 0 Å². The SMILES string of the molecule is CCOc1cc(N)cc(C(=O)N(CC)c2ccncc2)c1. The van der Waals surface area contributed by atoms with Crippen molar-refractivity contribution in [3.8, 4) is 5.75 Å². The number of amides is 1. The molecule has 2 N–H and O–H groups in total. The van der Waals surface area contributed by atoms with Crippen LogP contribution in [0.1, 0.15) is 24.2 Å². The smallest absolute Gasteiger partial charge is 0.258 e. The zero-order chi connectivity index (χ0) is 15.2. The minimum Gasteiger partial charge on any atom is -0.494 e. The molecule has 1 aromatic carbocycles. The minimum absolute atomic E-state index is 0.114. The number of carbonyl (C=O) groups excluding carboxylic acids is 1. The number of benzene rings is 1. The van der Waals surface area contributed by atoms with Crippen molar-refractivity contribution < 1.29 is 9.53 Å². The largest absolute Gasteiger partial charge is 0.494 e. The van der Waals surface area contributed by atoms with Gasteiger partial charge in [-0.05, 0) is 38.1 Å². The van der Waals surface area contributed by atoms with Crippen molar-refractivity contribution in [2.24, 2.45) is 0 Å². The lowest BCUT2D eigenvalue weighted by Gasteiger charge is -2.21. The van der Waals surface area contributed by atoms with Crippen LogP contribution in [0.3, 0.4) is 0 Å². The van der Waals surface area contributed by atoms with E-state index in [0.29, 0.717) is 30.2 Å². The number of nitrogens with two attached hydrogens (primary N) is 1. The lowest BCUT2D eigenvalue weighted by Crippen LogP contribution is -2.30. The maximum absolute atomic E-state index is 12.7. The van der Waals surface area contributed by atoms with E-state index in [4.69, 9.17) is 10.5 Å². The number of pyridine rings is 1. The van der Waals surface area contributed by atoms with E-state index in [1.165, 1.54) is 0 Å². The Kier molecular flexibility index (Phi) is 4.77. The topological polar surface area (TPSA) is 68.5 Å². The fourth-order valence-electron chi connectivity index (χ4n) is 2.12. The summed E-state index contributed by atoms with van der Waals surface area (Å²) in [6.07, 6.45) is 3.33. The molecule has 0 bridgehead atoms. The third kappa shape index (κ3) is 3.51. The van der Waals surface area contributed by atoms with Gasteiger partial charge in [0.2, 0.25) is 0 Å². The van der Waals surface area contributed by atoms with E-state index >= 15 is 0 Å². The monoisotopic (exact) mass is 285 g/mol. The Balaban J connectivity index is 2.34. The predicted octanol–water partition coefficient (Wildman–Crippen LogP) is 2.73. The molecule has 21 heavy (non-hydrogen) atoms. The molecule has 0 spiro atoms. The van der Waals surface area contributed by atoms with Crippen LogP contribution in [0.4, 0.5) is 11.4 Å². The molecule has 5 nitrogen and oxygen atoms in total. The molecule has 0 aliphatic carbocycles. The van der Waals surface area contributed by atoms with Crippen LogP contribution >= 0.6 is 0 Å². The normalized spacial score (nSPS) is 10.2. The van der Waals surface area contributed by atoms with Gasteiger partial charge in [0.05, 0.1) is 6.61 Å². The number of carbonyl (C=O) groups is 1. The van der Waals surface area contributed by atoms with Crippen molar-refractivity contribution in [2.75, 3.05) is 23.8 Å². The molecule has 2 aromatic rings. The summed E-state index contributed by atoms with van der Waals surface area (Å²) in [5.74, 6) is 0.489. The van der Waals surface area contributed by atoms with Gasteiger partial charge in [0.15, 0.2) is 0 Å². The predicted molar refractivity (Wildman–Crippen MR) is 83.6 cm³/mol. The average molecular weight is 285 g/mol. The second kappa shape index (κ2) is 6.74. The first-order valence-electron chi connectivity index (χ1n) is 6.91. The van der Waals surface area contributed by atoms with Gasteiger partial charge in [0.25, 0.3) is 5.91 Å². The fraction of sp³-hybridized carbons (Fsp3) is 0.250. The van der Waals surface area contributed by atoms with Gasteiger partial charge in [-0.3, -0.25) is 9.78 Å². The van der Waals surface area contributed by atoms with Crippen molar-refractivity contribution in [3.05, 3.63) is 48.3 Å². The van der Waals surface area contributed by atoms with E-state index in [2.05, 4.69) is 4.98 Å². The Morgan fingerprint density at radius 3 is 2.57 bits per heavy atom. The summed E-state index contributed by atoms with van der Waals surface area (Å²) in [5.41, 5.74) is 7.67. The van der Waals surface area contributed by atoms with E-state index in [1.807, 2.05) is 13.8 Å². The molecule has 0 aliphatic rings. The van der Waals surface area contributed by atoms with Gasteiger partial charge in [-0.25, -0.2) is 0 Å². The fourth-order valence-corrected chi connectivity index (χ4v) is 2.12. The molecule has 0 saturated carbocycles. The molecule has 0 aliphatic heterocycles. The number of rotatable bonds is 5. The lowest BCUT2D eigenvalue weighted by molar-refractivity contribution is 0.0988. The van der Waals surface area contributed by atoms with Crippen LogP contribution in [0.2, 0.25) is 0 Å². The van der Waals surface area contributed by atoms with Crippen molar-refractivity contribution in [2.45, 2.75) is 13.8 Å². The van der Waals surface area contributed by atoms with Gasteiger partial charge in [0.1, 0.15) is 5.75 Å². The first kappa shape index (κ1) is 14.8. The first-order valence-corrected chi connectivity index (χ1v) is 6.91.